The Bertz CT molecular complexity index is 890. The first kappa shape index (κ1) is 12.4. The molecule has 2 aromatic carbocycles. The average Bonchev–Trinajstić information content (AvgIpc) is 2.45. The summed E-state index contributed by atoms with van der Waals surface area (Å²) < 4.78 is 6.27. The molecule has 3 aromatic rings. The normalized spacial score (nSPS) is 10.8. The van der Waals surface area contributed by atoms with Crippen molar-refractivity contribution in [2.75, 3.05) is 0 Å². The molecule has 1 aromatic heterocycles. The number of para-hydroxylation sites is 1. The van der Waals surface area contributed by atoms with Crippen LogP contribution in [0.3, 0.4) is 0 Å². The minimum atomic E-state index is -0.628. The molecule has 20 heavy (non-hydrogen) atoms. The maximum absolute atomic E-state index is 12.0. The van der Waals surface area contributed by atoms with Crippen molar-refractivity contribution in [1.82, 2.24) is 4.57 Å². The monoisotopic (exact) mass is 267 g/mol. The minimum absolute atomic E-state index is 0.385. The first-order valence-corrected chi connectivity index (χ1v) is 6.34. The van der Waals surface area contributed by atoms with Gasteiger partial charge in [-0.25, -0.2) is 9.59 Å². The summed E-state index contributed by atoms with van der Waals surface area (Å²) in [6, 6.07) is 14.8. The van der Waals surface area contributed by atoms with Gasteiger partial charge in [0.05, 0.1) is 17.4 Å². The molecule has 0 saturated carbocycles. The SMILES string of the molecule is Cc1ccccc1Cn1c(=O)oc(=O)c2ccccc21. The second-order valence-electron chi connectivity index (χ2n) is 4.69. The van der Waals surface area contributed by atoms with E-state index >= 15 is 0 Å². The lowest BCUT2D eigenvalue weighted by atomic mass is 10.1. The van der Waals surface area contributed by atoms with E-state index in [1.807, 2.05) is 31.2 Å². The van der Waals surface area contributed by atoms with Crippen LogP contribution in [-0.4, -0.2) is 4.57 Å². The highest BCUT2D eigenvalue weighted by atomic mass is 16.4. The first-order valence-electron chi connectivity index (χ1n) is 6.34. The van der Waals surface area contributed by atoms with Gasteiger partial charge in [-0.1, -0.05) is 36.4 Å². The van der Waals surface area contributed by atoms with Crippen molar-refractivity contribution in [2.45, 2.75) is 13.5 Å². The van der Waals surface area contributed by atoms with E-state index in [4.69, 9.17) is 4.42 Å². The second-order valence-corrected chi connectivity index (χ2v) is 4.69. The van der Waals surface area contributed by atoms with Crippen molar-refractivity contribution in [3.8, 4) is 0 Å². The molecule has 0 aliphatic rings. The summed E-state index contributed by atoms with van der Waals surface area (Å²) in [4.78, 5) is 23.7. The van der Waals surface area contributed by atoms with E-state index in [-0.39, 0.29) is 0 Å². The maximum atomic E-state index is 12.0. The van der Waals surface area contributed by atoms with Crippen molar-refractivity contribution >= 4 is 10.9 Å². The maximum Gasteiger partial charge on any atom is 0.422 e. The molecule has 0 spiro atoms. The van der Waals surface area contributed by atoms with E-state index in [9.17, 15) is 9.59 Å². The molecule has 0 amide bonds. The van der Waals surface area contributed by atoms with Gasteiger partial charge in [-0.2, -0.15) is 0 Å². The molecule has 0 radical (unpaired) electrons. The average molecular weight is 267 g/mol. The lowest BCUT2D eigenvalue weighted by molar-refractivity contribution is 0.424. The van der Waals surface area contributed by atoms with E-state index in [2.05, 4.69) is 0 Å². The molecule has 1 heterocycles. The number of hydrogen-bond acceptors (Lipinski definition) is 3. The molecule has 4 heteroatoms. The Morgan fingerprint density at radius 1 is 1.00 bits per heavy atom. The third-order valence-electron chi connectivity index (χ3n) is 3.40. The fraction of sp³-hybridized carbons (Fsp3) is 0.125. The van der Waals surface area contributed by atoms with Crippen molar-refractivity contribution in [3.05, 3.63) is 80.6 Å². The Morgan fingerprint density at radius 3 is 2.50 bits per heavy atom. The van der Waals surface area contributed by atoms with Crippen molar-refractivity contribution in [1.29, 1.82) is 0 Å². The Balaban J connectivity index is 2.25. The molecular formula is C16H13NO3. The van der Waals surface area contributed by atoms with Gasteiger partial charge in [0, 0.05) is 0 Å². The van der Waals surface area contributed by atoms with Gasteiger partial charge < -0.3 is 4.42 Å². The molecule has 0 N–H and O–H groups in total. The Labute approximate surface area is 114 Å². The summed E-state index contributed by atoms with van der Waals surface area (Å²) >= 11 is 0. The predicted molar refractivity (Wildman–Crippen MR) is 77.0 cm³/mol. The van der Waals surface area contributed by atoms with E-state index in [1.165, 1.54) is 4.57 Å². The zero-order valence-electron chi connectivity index (χ0n) is 11.0. The number of benzene rings is 2. The number of fused-ring (bicyclic) bond motifs is 1. The van der Waals surface area contributed by atoms with E-state index < -0.39 is 11.4 Å². The lowest BCUT2D eigenvalue weighted by Crippen LogP contribution is -2.25. The van der Waals surface area contributed by atoms with Gasteiger partial charge >= 0.3 is 11.4 Å². The van der Waals surface area contributed by atoms with Gasteiger partial charge in [-0.15, -0.1) is 0 Å². The number of aryl methyl sites for hydroxylation is 1. The van der Waals surface area contributed by atoms with E-state index in [0.717, 1.165) is 11.1 Å². The summed E-state index contributed by atoms with van der Waals surface area (Å²) in [6.07, 6.45) is 0. The molecule has 0 unspecified atom stereocenters. The Hall–Kier alpha value is -2.62. The van der Waals surface area contributed by atoms with Crippen LogP contribution < -0.4 is 11.4 Å². The van der Waals surface area contributed by atoms with Gasteiger partial charge in [-0.05, 0) is 30.2 Å². The first-order chi connectivity index (χ1) is 9.66. The Morgan fingerprint density at radius 2 is 1.70 bits per heavy atom. The van der Waals surface area contributed by atoms with Gasteiger partial charge in [0.2, 0.25) is 0 Å². The topological polar surface area (TPSA) is 52.2 Å². The molecule has 4 nitrogen and oxygen atoms in total. The van der Waals surface area contributed by atoms with Crippen LogP contribution in [0.25, 0.3) is 10.9 Å². The summed E-state index contributed by atoms with van der Waals surface area (Å²) in [5.74, 6) is -0.628. The quantitative estimate of drug-likeness (QED) is 0.716. The standard InChI is InChI=1S/C16H13NO3/c1-11-6-2-3-7-12(11)10-17-14-9-5-4-8-13(14)15(18)20-16(17)19/h2-9H,10H2,1H3. The predicted octanol–water partition coefficient (Wildman–Crippen LogP) is 2.31. The summed E-state index contributed by atoms with van der Waals surface area (Å²) in [5.41, 5.74) is 2.12. The molecule has 0 saturated heterocycles. The number of hydrogen-bond donors (Lipinski definition) is 0. The number of aromatic nitrogens is 1. The van der Waals surface area contributed by atoms with Crippen molar-refractivity contribution < 1.29 is 4.42 Å². The second kappa shape index (κ2) is 4.81. The summed E-state index contributed by atoms with van der Waals surface area (Å²) in [5, 5.41) is 0.417. The molecule has 0 fully saturated rings. The largest absolute Gasteiger partial charge is 0.422 e. The van der Waals surface area contributed by atoms with Crippen molar-refractivity contribution in [3.63, 3.8) is 0 Å². The van der Waals surface area contributed by atoms with Crippen LogP contribution >= 0.6 is 0 Å². The number of nitrogens with zero attached hydrogens (tertiary/aromatic N) is 1. The number of rotatable bonds is 2. The van der Waals surface area contributed by atoms with Gasteiger partial charge in [0.15, 0.2) is 0 Å². The summed E-state index contributed by atoms with van der Waals surface area (Å²) in [6.45, 7) is 2.37. The lowest BCUT2D eigenvalue weighted by Gasteiger charge is -2.10. The third kappa shape index (κ3) is 2.05. The highest BCUT2D eigenvalue weighted by molar-refractivity contribution is 5.77. The van der Waals surface area contributed by atoms with Crippen LogP contribution in [0.15, 0.2) is 62.5 Å². The van der Waals surface area contributed by atoms with Gasteiger partial charge in [0.25, 0.3) is 0 Å². The van der Waals surface area contributed by atoms with Crippen LogP contribution in [0.5, 0.6) is 0 Å². The van der Waals surface area contributed by atoms with Crippen molar-refractivity contribution in [2.24, 2.45) is 0 Å². The molecule has 100 valence electrons. The smallest absolute Gasteiger partial charge is 0.372 e. The van der Waals surface area contributed by atoms with E-state index in [0.29, 0.717) is 17.4 Å². The minimum Gasteiger partial charge on any atom is -0.372 e. The van der Waals surface area contributed by atoms with Crippen LogP contribution in [0, 0.1) is 6.92 Å². The van der Waals surface area contributed by atoms with Gasteiger partial charge in [0.1, 0.15) is 0 Å². The molecular weight excluding hydrogens is 254 g/mol. The Kier molecular flexibility index (Phi) is 2.99. The molecule has 0 aliphatic heterocycles. The summed E-state index contributed by atoms with van der Waals surface area (Å²) in [7, 11) is 0. The molecule has 0 atom stereocenters. The highest BCUT2D eigenvalue weighted by Gasteiger charge is 2.09. The fourth-order valence-corrected chi connectivity index (χ4v) is 2.28. The van der Waals surface area contributed by atoms with E-state index in [1.54, 1.807) is 24.3 Å². The highest BCUT2D eigenvalue weighted by Crippen LogP contribution is 2.12. The zero-order chi connectivity index (χ0) is 14.1. The molecule has 3 rings (SSSR count). The van der Waals surface area contributed by atoms with Gasteiger partial charge in [-0.3, -0.25) is 4.57 Å². The van der Waals surface area contributed by atoms with Crippen LogP contribution in [0.4, 0.5) is 0 Å². The third-order valence-corrected chi connectivity index (χ3v) is 3.40. The fourth-order valence-electron chi connectivity index (χ4n) is 2.28. The molecule has 0 bridgehead atoms. The van der Waals surface area contributed by atoms with Crippen LogP contribution in [0.2, 0.25) is 0 Å². The zero-order valence-corrected chi connectivity index (χ0v) is 11.0. The molecule has 0 aliphatic carbocycles. The van der Waals surface area contributed by atoms with Crippen LogP contribution in [-0.2, 0) is 6.54 Å². The van der Waals surface area contributed by atoms with Crippen LogP contribution in [0.1, 0.15) is 11.1 Å².